The van der Waals surface area contributed by atoms with Gasteiger partial charge in [0.15, 0.2) is 0 Å². The second-order valence-electron chi connectivity index (χ2n) is 7.84. The number of unbranched alkanes of at least 4 members (excludes halogenated alkanes) is 4. The molecule has 0 aromatic carbocycles. The predicted octanol–water partition coefficient (Wildman–Crippen LogP) is 6.36. The molecule has 2 saturated carbocycles. The third-order valence-electron chi connectivity index (χ3n) is 6.05. The first-order valence-corrected chi connectivity index (χ1v) is 9.91. The minimum atomic E-state index is 0.593. The van der Waals surface area contributed by atoms with Gasteiger partial charge in [0.05, 0.1) is 6.10 Å². The van der Waals surface area contributed by atoms with Crippen LogP contribution in [0.25, 0.3) is 0 Å². The zero-order valence-corrected chi connectivity index (χ0v) is 14.6. The van der Waals surface area contributed by atoms with E-state index in [0.717, 1.165) is 24.4 Å². The van der Waals surface area contributed by atoms with Crippen LogP contribution < -0.4 is 0 Å². The summed E-state index contributed by atoms with van der Waals surface area (Å²) in [6.07, 6.45) is 18.9. The Bertz CT molecular complexity index is 247. The van der Waals surface area contributed by atoms with Crippen molar-refractivity contribution in [1.82, 2.24) is 0 Å². The quantitative estimate of drug-likeness (QED) is 0.473. The van der Waals surface area contributed by atoms with Gasteiger partial charge in [0.25, 0.3) is 0 Å². The van der Waals surface area contributed by atoms with Crippen LogP contribution in [0.3, 0.4) is 0 Å². The number of rotatable bonds is 8. The zero-order valence-electron chi connectivity index (χ0n) is 14.6. The van der Waals surface area contributed by atoms with Crippen LogP contribution in [0.15, 0.2) is 0 Å². The molecule has 2 aliphatic carbocycles. The van der Waals surface area contributed by atoms with Crippen LogP contribution in [0.1, 0.15) is 97.3 Å². The molecular formula is C20H38O. The minimum Gasteiger partial charge on any atom is -0.378 e. The first-order chi connectivity index (χ1) is 10.3. The Kier molecular flexibility index (Phi) is 8.14. The Balaban J connectivity index is 1.52. The summed E-state index contributed by atoms with van der Waals surface area (Å²) in [7, 11) is 0. The lowest BCUT2D eigenvalue weighted by Gasteiger charge is -2.37. The molecule has 0 aromatic heterocycles. The molecule has 0 aromatic rings. The molecule has 124 valence electrons. The average Bonchev–Trinajstić information content (AvgIpc) is 2.52. The molecule has 1 heteroatoms. The van der Waals surface area contributed by atoms with E-state index in [1.807, 2.05) is 0 Å². The van der Waals surface area contributed by atoms with Crippen molar-refractivity contribution in [2.24, 2.45) is 17.8 Å². The Morgan fingerprint density at radius 2 is 1.29 bits per heavy atom. The second-order valence-corrected chi connectivity index (χ2v) is 7.84. The van der Waals surface area contributed by atoms with Crippen LogP contribution in [0.2, 0.25) is 0 Å². The molecular weight excluding hydrogens is 256 g/mol. The van der Waals surface area contributed by atoms with E-state index in [0.29, 0.717) is 6.10 Å². The second kappa shape index (κ2) is 9.87. The smallest absolute Gasteiger partial charge is 0.0575 e. The molecule has 0 heterocycles. The average molecular weight is 295 g/mol. The molecule has 0 saturated heterocycles. The van der Waals surface area contributed by atoms with E-state index in [-0.39, 0.29) is 0 Å². The fourth-order valence-electron chi connectivity index (χ4n) is 4.44. The van der Waals surface area contributed by atoms with Gasteiger partial charge in [-0.1, -0.05) is 52.4 Å². The number of ether oxygens (including phenoxy) is 1. The molecule has 21 heavy (non-hydrogen) atoms. The summed E-state index contributed by atoms with van der Waals surface area (Å²) in [4.78, 5) is 0. The Morgan fingerprint density at radius 1 is 0.714 bits per heavy atom. The van der Waals surface area contributed by atoms with Crippen molar-refractivity contribution in [2.75, 3.05) is 6.61 Å². The van der Waals surface area contributed by atoms with Gasteiger partial charge < -0.3 is 4.74 Å². The van der Waals surface area contributed by atoms with Gasteiger partial charge in [-0.15, -0.1) is 0 Å². The van der Waals surface area contributed by atoms with Crippen LogP contribution in [-0.2, 0) is 4.74 Å². The van der Waals surface area contributed by atoms with Crippen molar-refractivity contribution in [3.63, 3.8) is 0 Å². The van der Waals surface area contributed by atoms with Crippen LogP contribution >= 0.6 is 0 Å². The summed E-state index contributed by atoms with van der Waals surface area (Å²) in [5, 5.41) is 0. The Hall–Kier alpha value is -0.0400. The summed E-state index contributed by atoms with van der Waals surface area (Å²) in [5.41, 5.74) is 0. The van der Waals surface area contributed by atoms with E-state index in [9.17, 15) is 0 Å². The standard InChI is InChI=1S/C20H38O/c1-3-4-5-6-7-16-21-20-14-12-19(13-15-20)18-10-8-17(2)9-11-18/h17-20H,3-16H2,1-2H3/t17-,18-,19-,20-. The Labute approximate surface area is 133 Å². The molecule has 2 aliphatic rings. The van der Waals surface area contributed by atoms with Crippen LogP contribution in [0, 0.1) is 17.8 Å². The van der Waals surface area contributed by atoms with E-state index in [1.165, 1.54) is 83.5 Å². The summed E-state index contributed by atoms with van der Waals surface area (Å²) >= 11 is 0. The first kappa shape index (κ1) is 17.3. The molecule has 2 rings (SSSR count). The van der Waals surface area contributed by atoms with Crippen LogP contribution in [0.4, 0.5) is 0 Å². The fraction of sp³-hybridized carbons (Fsp3) is 1.00. The maximum atomic E-state index is 6.12. The zero-order chi connectivity index (χ0) is 14.9. The molecule has 0 amide bonds. The molecule has 0 unspecified atom stereocenters. The van der Waals surface area contributed by atoms with Crippen LogP contribution in [0.5, 0.6) is 0 Å². The van der Waals surface area contributed by atoms with E-state index in [1.54, 1.807) is 0 Å². The first-order valence-electron chi connectivity index (χ1n) is 9.91. The van der Waals surface area contributed by atoms with Crippen LogP contribution in [-0.4, -0.2) is 12.7 Å². The van der Waals surface area contributed by atoms with Crippen molar-refractivity contribution in [3.05, 3.63) is 0 Å². The lowest BCUT2D eigenvalue weighted by atomic mass is 9.71. The number of hydrogen-bond acceptors (Lipinski definition) is 1. The highest BCUT2D eigenvalue weighted by Crippen LogP contribution is 2.40. The lowest BCUT2D eigenvalue weighted by Crippen LogP contribution is -2.28. The SMILES string of the molecule is CCCCCCCO[C@H]1CC[C@H]([C@H]2CC[C@H](C)CC2)CC1. The summed E-state index contributed by atoms with van der Waals surface area (Å²) in [6, 6.07) is 0. The molecule has 0 N–H and O–H groups in total. The highest BCUT2D eigenvalue weighted by atomic mass is 16.5. The van der Waals surface area contributed by atoms with Gasteiger partial charge >= 0.3 is 0 Å². The van der Waals surface area contributed by atoms with Crippen molar-refractivity contribution in [3.8, 4) is 0 Å². The van der Waals surface area contributed by atoms with Crippen molar-refractivity contribution in [1.29, 1.82) is 0 Å². The van der Waals surface area contributed by atoms with Gasteiger partial charge in [-0.25, -0.2) is 0 Å². The largest absolute Gasteiger partial charge is 0.378 e. The normalized spacial score (nSPS) is 34.0. The third kappa shape index (κ3) is 6.30. The molecule has 2 fully saturated rings. The van der Waals surface area contributed by atoms with E-state index >= 15 is 0 Å². The van der Waals surface area contributed by atoms with E-state index in [4.69, 9.17) is 4.74 Å². The molecule has 0 radical (unpaired) electrons. The topological polar surface area (TPSA) is 9.23 Å². The molecule has 1 nitrogen and oxygen atoms in total. The summed E-state index contributed by atoms with van der Waals surface area (Å²) in [5.74, 6) is 3.08. The monoisotopic (exact) mass is 294 g/mol. The van der Waals surface area contributed by atoms with Gasteiger partial charge in [-0.2, -0.15) is 0 Å². The maximum absolute atomic E-state index is 6.12. The minimum absolute atomic E-state index is 0.593. The van der Waals surface area contributed by atoms with Crippen molar-refractivity contribution in [2.45, 2.75) is 103 Å². The van der Waals surface area contributed by atoms with Crippen molar-refractivity contribution >= 4 is 0 Å². The predicted molar refractivity (Wildman–Crippen MR) is 91.6 cm³/mol. The van der Waals surface area contributed by atoms with E-state index < -0.39 is 0 Å². The fourth-order valence-corrected chi connectivity index (χ4v) is 4.44. The van der Waals surface area contributed by atoms with Crippen molar-refractivity contribution < 1.29 is 4.74 Å². The molecule has 0 aliphatic heterocycles. The third-order valence-corrected chi connectivity index (χ3v) is 6.05. The molecule has 0 spiro atoms. The molecule has 0 atom stereocenters. The van der Waals surface area contributed by atoms with Gasteiger partial charge in [0.2, 0.25) is 0 Å². The van der Waals surface area contributed by atoms with Gasteiger partial charge in [0.1, 0.15) is 0 Å². The Morgan fingerprint density at radius 3 is 1.90 bits per heavy atom. The highest BCUT2D eigenvalue weighted by Gasteiger charge is 2.30. The van der Waals surface area contributed by atoms with E-state index in [2.05, 4.69) is 13.8 Å². The number of hydrogen-bond donors (Lipinski definition) is 0. The van der Waals surface area contributed by atoms with Gasteiger partial charge in [0, 0.05) is 6.61 Å². The van der Waals surface area contributed by atoms with Gasteiger partial charge in [-0.3, -0.25) is 0 Å². The summed E-state index contributed by atoms with van der Waals surface area (Å²) in [6.45, 7) is 5.73. The lowest BCUT2D eigenvalue weighted by molar-refractivity contribution is 0.00564. The molecule has 0 bridgehead atoms. The highest BCUT2D eigenvalue weighted by molar-refractivity contribution is 4.81. The summed E-state index contributed by atoms with van der Waals surface area (Å²) < 4.78 is 6.12. The maximum Gasteiger partial charge on any atom is 0.0575 e. The van der Waals surface area contributed by atoms with Gasteiger partial charge in [-0.05, 0) is 62.7 Å².